The van der Waals surface area contributed by atoms with Crippen LogP contribution in [0.3, 0.4) is 0 Å². The topological polar surface area (TPSA) is 201 Å². The predicted octanol–water partition coefficient (Wildman–Crippen LogP) is 1.04. The molecule has 5 N–H and O–H groups in total. The highest BCUT2D eigenvalue weighted by atomic mass is 35.5. The lowest BCUT2D eigenvalue weighted by Crippen LogP contribution is -2.57. The number of rotatable bonds is 7. The standard InChI is InChI=1S/C22H26ClN5O9P2/c23-21-25-18(27-8-22(9-27)5-12-3-1-2-4-13(12)6-22)15-19(26-21)28(10-24-15)20-17(30)16(29)14(37-20)7-36-39(34,35)11-38(31,32)33/h1-4,10,14,16-17,20,29-30H,5-9,11H2,(H,34,35)(H2,31,32,33). The summed E-state index contributed by atoms with van der Waals surface area (Å²) < 4.78 is 34.9. The Morgan fingerprint density at radius 1 is 1.08 bits per heavy atom. The van der Waals surface area contributed by atoms with Crippen LogP contribution in [0.4, 0.5) is 5.82 Å². The molecule has 5 unspecified atom stereocenters. The number of anilines is 1. The molecule has 2 fully saturated rings. The van der Waals surface area contributed by atoms with Crippen LogP contribution in [0.5, 0.6) is 0 Å². The molecule has 0 bridgehead atoms. The summed E-state index contributed by atoms with van der Waals surface area (Å²) in [6, 6.07) is 8.41. The molecule has 4 heterocycles. The summed E-state index contributed by atoms with van der Waals surface area (Å²) in [5, 5.41) is 21.1. The summed E-state index contributed by atoms with van der Waals surface area (Å²) in [6.45, 7) is 0.815. The summed E-state index contributed by atoms with van der Waals surface area (Å²) in [4.78, 5) is 42.8. The summed E-state index contributed by atoms with van der Waals surface area (Å²) >= 11 is 6.27. The molecule has 5 atom stereocenters. The Kier molecular flexibility index (Phi) is 6.67. The molecule has 2 aliphatic heterocycles. The highest BCUT2D eigenvalue weighted by Gasteiger charge is 2.49. The monoisotopic (exact) mass is 601 g/mol. The minimum Gasteiger partial charge on any atom is -0.387 e. The molecule has 2 aromatic heterocycles. The number of aromatic nitrogens is 4. The first-order chi connectivity index (χ1) is 18.3. The van der Waals surface area contributed by atoms with Gasteiger partial charge in [-0.25, -0.2) is 4.98 Å². The van der Waals surface area contributed by atoms with Gasteiger partial charge in [0.25, 0.3) is 0 Å². The molecule has 3 aliphatic rings. The van der Waals surface area contributed by atoms with Gasteiger partial charge in [0, 0.05) is 18.5 Å². The Morgan fingerprint density at radius 3 is 2.38 bits per heavy atom. The van der Waals surface area contributed by atoms with E-state index in [0.29, 0.717) is 11.3 Å². The third-order valence-electron chi connectivity index (χ3n) is 7.39. The van der Waals surface area contributed by atoms with Crippen molar-refractivity contribution in [2.75, 3.05) is 30.5 Å². The highest BCUT2D eigenvalue weighted by molar-refractivity contribution is 7.70. The molecule has 3 aromatic rings. The molecule has 39 heavy (non-hydrogen) atoms. The first kappa shape index (κ1) is 27.2. The van der Waals surface area contributed by atoms with Crippen LogP contribution in [0.15, 0.2) is 30.6 Å². The van der Waals surface area contributed by atoms with Gasteiger partial charge in [0.1, 0.15) is 18.3 Å². The minimum absolute atomic E-state index is 0.0403. The van der Waals surface area contributed by atoms with E-state index in [1.54, 1.807) is 0 Å². The van der Waals surface area contributed by atoms with Gasteiger partial charge in [-0.2, -0.15) is 9.97 Å². The number of aliphatic hydroxyl groups is 2. The van der Waals surface area contributed by atoms with Gasteiger partial charge in [-0.3, -0.25) is 13.7 Å². The number of hydrogen-bond acceptors (Lipinski definition) is 10. The third-order valence-corrected chi connectivity index (χ3v) is 11.0. The van der Waals surface area contributed by atoms with Crippen LogP contribution < -0.4 is 4.90 Å². The zero-order valence-corrected chi connectivity index (χ0v) is 22.9. The molecule has 0 saturated carbocycles. The SMILES string of the molecule is O=P(O)(O)CP(=O)(O)OCC1OC(n2cnc3c(N4CC5(Cc6ccccc6C5)C4)nc(Cl)nc32)C(O)C1O. The molecule has 210 valence electrons. The van der Waals surface area contributed by atoms with Crippen LogP contribution in [-0.4, -0.2) is 88.3 Å². The van der Waals surface area contributed by atoms with Crippen molar-refractivity contribution in [2.45, 2.75) is 37.4 Å². The molecule has 1 aromatic carbocycles. The number of fused-ring (bicyclic) bond motifs is 2. The fourth-order valence-electron chi connectivity index (χ4n) is 5.75. The first-order valence-electron chi connectivity index (χ1n) is 12.1. The average molecular weight is 602 g/mol. The average Bonchev–Trinajstić information content (AvgIpc) is 3.49. The summed E-state index contributed by atoms with van der Waals surface area (Å²) in [6.07, 6.45) is -2.20. The predicted molar refractivity (Wildman–Crippen MR) is 137 cm³/mol. The molecule has 1 spiro atoms. The number of ether oxygens (including phenoxy) is 1. The van der Waals surface area contributed by atoms with Crippen LogP contribution in [0.2, 0.25) is 5.28 Å². The number of hydrogen-bond donors (Lipinski definition) is 5. The first-order valence-corrected chi connectivity index (χ1v) is 16.0. The molecule has 0 amide bonds. The maximum atomic E-state index is 12.0. The Bertz CT molecular complexity index is 1500. The van der Waals surface area contributed by atoms with Gasteiger partial charge in [0.2, 0.25) is 5.28 Å². The van der Waals surface area contributed by atoms with Gasteiger partial charge in [0.15, 0.2) is 29.1 Å². The summed E-state index contributed by atoms with van der Waals surface area (Å²) in [5.41, 5.74) is 3.51. The zero-order valence-electron chi connectivity index (χ0n) is 20.3. The van der Waals surface area contributed by atoms with Crippen LogP contribution in [-0.2, 0) is 31.2 Å². The van der Waals surface area contributed by atoms with E-state index >= 15 is 0 Å². The van der Waals surface area contributed by atoms with Crippen LogP contribution in [0, 0.1) is 5.41 Å². The second-order valence-electron chi connectivity index (χ2n) is 10.4. The Morgan fingerprint density at radius 2 is 1.74 bits per heavy atom. The van der Waals surface area contributed by atoms with Gasteiger partial charge in [-0.15, -0.1) is 0 Å². The number of nitrogens with zero attached hydrogens (tertiary/aromatic N) is 5. The van der Waals surface area contributed by atoms with E-state index in [4.69, 9.17) is 30.6 Å². The number of imidazole rings is 1. The molecule has 14 nitrogen and oxygen atoms in total. The quantitative estimate of drug-likeness (QED) is 0.190. The number of halogens is 1. The lowest BCUT2D eigenvalue weighted by molar-refractivity contribution is -0.0483. The number of benzene rings is 1. The van der Waals surface area contributed by atoms with Gasteiger partial charge in [0.05, 0.1) is 12.9 Å². The van der Waals surface area contributed by atoms with Crippen molar-refractivity contribution < 1.29 is 43.3 Å². The van der Waals surface area contributed by atoms with Crippen LogP contribution >= 0.6 is 26.8 Å². The minimum atomic E-state index is -4.83. The van der Waals surface area contributed by atoms with E-state index < -0.39 is 52.2 Å². The van der Waals surface area contributed by atoms with E-state index in [-0.39, 0.29) is 16.3 Å². The van der Waals surface area contributed by atoms with Crippen molar-refractivity contribution in [3.05, 3.63) is 47.0 Å². The Labute approximate surface area is 226 Å². The summed E-state index contributed by atoms with van der Waals surface area (Å²) in [7, 11) is -9.51. The molecule has 1 aliphatic carbocycles. The fourth-order valence-corrected chi connectivity index (χ4v) is 8.48. The largest absolute Gasteiger partial charge is 0.387 e. The maximum Gasteiger partial charge on any atom is 0.340 e. The van der Waals surface area contributed by atoms with Gasteiger partial charge >= 0.3 is 15.2 Å². The van der Waals surface area contributed by atoms with Crippen molar-refractivity contribution in [2.24, 2.45) is 5.41 Å². The second-order valence-corrected chi connectivity index (χ2v) is 14.7. The molecular formula is C22H26ClN5O9P2. The highest BCUT2D eigenvalue weighted by Crippen LogP contribution is 2.55. The normalized spacial score (nSPS) is 27.6. The van der Waals surface area contributed by atoms with Crippen LogP contribution in [0.1, 0.15) is 17.4 Å². The second kappa shape index (κ2) is 9.56. The Balaban J connectivity index is 1.20. The lowest BCUT2D eigenvalue weighted by Gasteiger charge is -2.49. The van der Waals surface area contributed by atoms with Crippen molar-refractivity contribution in [3.8, 4) is 0 Å². The van der Waals surface area contributed by atoms with Gasteiger partial charge in [-0.05, 0) is 35.6 Å². The van der Waals surface area contributed by atoms with Crippen LogP contribution in [0.25, 0.3) is 11.2 Å². The Hall–Kier alpha value is -1.96. The van der Waals surface area contributed by atoms with E-state index in [0.717, 1.165) is 25.9 Å². The summed E-state index contributed by atoms with van der Waals surface area (Å²) in [5.74, 6) is -0.847. The molecule has 2 saturated heterocycles. The van der Waals surface area contributed by atoms with Gasteiger partial charge in [-0.1, -0.05) is 24.3 Å². The lowest BCUT2D eigenvalue weighted by atomic mass is 9.77. The van der Waals surface area contributed by atoms with E-state index in [1.165, 1.54) is 22.0 Å². The van der Waals surface area contributed by atoms with Gasteiger partial charge < -0.3 is 39.1 Å². The number of aliphatic hydroxyl groups excluding tert-OH is 2. The third kappa shape index (κ3) is 5.15. The van der Waals surface area contributed by atoms with E-state index in [1.807, 2.05) is 12.1 Å². The van der Waals surface area contributed by atoms with E-state index in [2.05, 4.69) is 32.0 Å². The van der Waals surface area contributed by atoms with Crippen molar-refractivity contribution in [1.29, 1.82) is 0 Å². The van der Waals surface area contributed by atoms with Crippen molar-refractivity contribution in [1.82, 2.24) is 19.5 Å². The van der Waals surface area contributed by atoms with E-state index in [9.17, 15) is 24.2 Å². The molecule has 17 heteroatoms. The molecular weight excluding hydrogens is 576 g/mol. The smallest absolute Gasteiger partial charge is 0.340 e. The van der Waals surface area contributed by atoms with Crippen molar-refractivity contribution >= 4 is 43.8 Å². The zero-order chi connectivity index (χ0) is 27.7. The molecule has 0 radical (unpaired) electrons. The maximum absolute atomic E-state index is 12.0. The molecule has 6 rings (SSSR count). The fraction of sp³-hybridized carbons (Fsp3) is 0.500. The van der Waals surface area contributed by atoms with Crippen molar-refractivity contribution in [3.63, 3.8) is 0 Å².